The first-order valence-corrected chi connectivity index (χ1v) is 6.38. The molecule has 4 N–H and O–H groups in total. The maximum Gasteiger partial charge on any atom is 0.270 e. The van der Waals surface area contributed by atoms with E-state index < -0.39 is 0 Å². The summed E-state index contributed by atoms with van der Waals surface area (Å²) in [6.07, 6.45) is 3.82. The monoisotopic (exact) mass is 262 g/mol. The molecule has 0 spiro atoms. The van der Waals surface area contributed by atoms with Gasteiger partial charge in [-0.2, -0.15) is 0 Å². The Morgan fingerprint density at radius 3 is 2.79 bits per heavy atom. The first kappa shape index (κ1) is 13.5. The minimum absolute atomic E-state index is 0.0236. The lowest BCUT2D eigenvalue weighted by Gasteiger charge is -2.11. The number of nitrogens with zero attached hydrogens (tertiary/aromatic N) is 1. The van der Waals surface area contributed by atoms with E-state index in [4.69, 9.17) is 5.73 Å². The summed E-state index contributed by atoms with van der Waals surface area (Å²) in [5.74, 6) is -0.0500. The van der Waals surface area contributed by atoms with Crippen molar-refractivity contribution in [3.63, 3.8) is 0 Å². The number of hydrogen-bond donors (Lipinski definition) is 3. The summed E-state index contributed by atoms with van der Waals surface area (Å²) in [5, 5.41) is 5.22. The molecule has 1 aromatic heterocycles. The van der Waals surface area contributed by atoms with Gasteiger partial charge in [0.05, 0.1) is 6.54 Å². The fraction of sp³-hybridized carbons (Fsp3) is 0.462. The minimum atomic E-state index is -0.359. The van der Waals surface area contributed by atoms with Crippen LogP contribution in [-0.4, -0.2) is 35.9 Å². The van der Waals surface area contributed by atoms with Crippen molar-refractivity contribution in [2.45, 2.75) is 18.9 Å². The highest BCUT2D eigenvalue weighted by molar-refractivity contribution is 5.94. The van der Waals surface area contributed by atoms with Crippen LogP contribution >= 0.6 is 0 Å². The highest BCUT2D eigenvalue weighted by atomic mass is 16.2. The molecular weight excluding hydrogens is 244 g/mol. The van der Waals surface area contributed by atoms with E-state index in [-0.39, 0.29) is 24.4 Å². The summed E-state index contributed by atoms with van der Waals surface area (Å²) >= 11 is 0. The summed E-state index contributed by atoms with van der Waals surface area (Å²) in [5.41, 5.74) is 6.16. The molecule has 1 heterocycles. The molecule has 2 amide bonds. The molecule has 1 aliphatic carbocycles. The first-order valence-electron chi connectivity index (χ1n) is 6.38. The second-order valence-corrected chi connectivity index (χ2v) is 4.70. The van der Waals surface area contributed by atoms with Crippen molar-refractivity contribution in [3.8, 4) is 0 Å². The maximum atomic E-state index is 11.6. The maximum absolute atomic E-state index is 11.6. The van der Waals surface area contributed by atoms with Gasteiger partial charge < -0.3 is 16.4 Å². The van der Waals surface area contributed by atoms with Crippen LogP contribution in [0.1, 0.15) is 23.3 Å². The molecule has 0 aromatic carbocycles. The van der Waals surface area contributed by atoms with Crippen molar-refractivity contribution >= 4 is 11.8 Å². The third-order valence-corrected chi connectivity index (χ3v) is 3.07. The number of pyridine rings is 1. The summed E-state index contributed by atoms with van der Waals surface area (Å²) in [6.45, 7) is 0.399. The van der Waals surface area contributed by atoms with Gasteiger partial charge in [0.25, 0.3) is 5.91 Å². The highest BCUT2D eigenvalue weighted by Gasteiger charge is 2.28. The molecule has 0 aliphatic heterocycles. The Balaban J connectivity index is 1.67. The lowest BCUT2D eigenvalue weighted by molar-refractivity contribution is -0.120. The fourth-order valence-electron chi connectivity index (χ4n) is 1.73. The summed E-state index contributed by atoms with van der Waals surface area (Å²) in [7, 11) is 0. The molecule has 1 fully saturated rings. The van der Waals surface area contributed by atoms with Gasteiger partial charge in [0.1, 0.15) is 5.69 Å². The third-order valence-electron chi connectivity index (χ3n) is 3.07. The van der Waals surface area contributed by atoms with Gasteiger partial charge >= 0.3 is 0 Å². The van der Waals surface area contributed by atoms with E-state index >= 15 is 0 Å². The van der Waals surface area contributed by atoms with Crippen LogP contribution in [0.25, 0.3) is 0 Å². The van der Waals surface area contributed by atoms with Crippen LogP contribution in [0.15, 0.2) is 24.4 Å². The van der Waals surface area contributed by atoms with Gasteiger partial charge in [-0.1, -0.05) is 6.07 Å². The number of aromatic nitrogens is 1. The molecule has 0 bridgehead atoms. The molecule has 0 saturated heterocycles. The zero-order valence-electron chi connectivity index (χ0n) is 10.6. The molecule has 6 nitrogen and oxygen atoms in total. The standard InChI is InChI=1S/C13H18N4O2/c14-10(9-4-5-9)7-16-12(18)8-17-13(19)11-3-1-2-6-15-11/h1-3,6,9-10H,4-5,7-8,14H2,(H,16,18)(H,17,19). The van der Waals surface area contributed by atoms with E-state index in [9.17, 15) is 9.59 Å². The average molecular weight is 262 g/mol. The van der Waals surface area contributed by atoms with Crippen molar-refractivity contribution in [1.29, 1.82) is 0 Å². The van der Waals surface area contributed by atoms with Crippen LogP contribution in [0, 0.1) is 5.92 Å². The van der Waals surface area contributed by atoms with Crippen molar-refractivity contribution in [2.75, 3.05) is 13.1 Å². The summed E-state index contributed by atoms with van der Waals surface area (Å²) in [6, 6.07) is 5.06. The average Bonchev–Trinajstić information content (AvgIpc) is 3.27. The largest absolute Gasteiger partial charge is 0.353 e. The lowest BCUT2D eigenvalue weighted by atomic mass is 10.2. The number of amides is 2. The van der Waals surface area contributed by atoms with Crippen molar-refractivity contribution in [3.05, 3.63) is 30.1 Å². The predicted molar refractivity (Wildman–Crippen MR) is 70.3 cm³/mol. The van der Waals surface area contributed by atoms with Gasteiger partial charge in [-0.3, -0.25) is 14.6 Å². The summed E-state index contributed by atoms with van der Waals surface area (Å²) < 4.78 is 0. The van der Waals surface area contributed by atoms with Crippen molar-refractivity contribution in [1.82, 2.24) is 15.6 Å². The topological polar surface area (TPSA) is 97.1 Å². The SMILES string of the molecule is NC(CNC(=O)CNC(=O)c1ccccn1)C1CC1. The molecule has 1 atom stereocenters. The van der Waals surface area contributed by atoms with E-state index in [1.54, 1.807) is 18.2 Å². The number of nitrogens with one attached hydrogen (secondary N) is 2. The van der Waals surface area contributed by atoms with E-state index in [0.29, 0.717) is 18.2 Å². The number of carbonyl (C=O) groups excluding carboxylic acids is 2. The Bertz CT molecular complexity index is 445. The van der Waals surface area contributed by atoms with Crippen LogP contribution in [0.5, 0.6) is 0 Å². The molecule has 1 unspecified atom stereocenters. The number of carbonyl (C=O) groups is 2. The van der Waals surface area contributed by atoms with Crippen molar-refractivity contribution in [2.24, 2.45) is 11.7 Å². The quantitative estimate of drug-likeness (QED) is 0.653. The Hall–Kier alpha value is -1.95. The zero-order valence-corrected chi connectivity index (χ0v) is 10.6. The van der Waals surface area contributed by atoms with Crippen LogP contribution in [0.4, 0.5) is 0 Å². The fourth-order valence-corrected chi connectivity index (χ4v) is 1.73. The second-order valence-electron chi connectivity index (χ2n) is 4.70. The number of nitrogens with two attached hydrogens (primary N) is 1. The predicted octanol–water partition coefficient (Wildman–Crippen LogP) is -0.335. The minimum Gasteiger partial charge on any atom is -0.353 e. The van der Waals surface area contributed by atoms with E-state index in [2.05, 4.69) is 15.6 Å². The lowest BCUT2D eigenvalue weighted by Crippen LogP contribution is -2.43. The van der Waals surface area contributed by atoms with Crippen LogP contribution in [0.2, 0.25) is 0 Å². The Morgan fingerprint density at radius 2 is 2.16 bits per heavy atom. The van der Waals surface area contributed by atoms with Gasteiger partial charge in [-0.05, 0) is 30.9 Å². The Labute approximate surface area is 111 Å². The molecule has 0 radical (unpaired) electrons. The van der Waals surface area contributed by atoms with Gasteiger partial charge in [0, 0.05) is 18.8 Å². The second kappa shape index (κ2) is 6.29. The summed E-state index contributed by atoms with van der Waals surface area (Å²) in [4.78, 5) is 27.1. The number of rotatable bonds is 6. The Kier molecular flexibility index (Phi) is 4.46. The molecule has 1 aliphatic rings. The molecule has 19 heavy (non-hydrogen) atoms. The highest BCUT2D eigenvalue weighted by Crippen LogP contribution is 2.31. The smallest absolute Gasteiger partial charge is 0.270 e. The molecular formula is C13H18N4O2. The van der Waals surface area contributed by atoms with Crippen molar-refractivity contribution < 1.29 is 9.59 Å². The normalized spacial score (nSPS) is 15.6. The van der Waals surface area contributed by atoms with E-state index in [0.717, 1.165) is 12.8 Å². The van der Waals surface area contributed by atoms with Crippen LogP contribution in [-0.2, 0) is 4.79 Å². The molecule has 102 valence electrons. The van der Waals surface area contributed by atoms with Gasteiger partial charge in [0.2, 0.25) is 5.91 Å². The van der Waals surface area contributed by atoms with Gasteiger partial charge in [0.15, 0.2) is 0 Å². The first-order chi connectivity index (χ1) is 9.16. The van der Waals surface area contributed by atoms with E-state index in [1.165, 1.54) is 6.20 Å². The van der Waals surface area contributed by atoms with Gasteiger partial charge in [-0.25, -0.2) is 0 Å². The van der Waals surface area contributed by atoms with Crippen LogP contribution in [0.3, 0.4) is 0 Å². The Morgan fingerprint density at radius 1 is 1.37 bits per heavy atom. The molecule has 6 heteroatoms. The van der Waals surface area contributed by atoms with E-state index in [1.807, 2.05) is 0 Å². The third kappa shape index (κ3) is 4.33. The van der Waals surface area contributed by atoms with Crippen LogP contribution < -0.4 is 16.4 Å². The molecule has 1 saturated carbocycles. The zero-order chi connectivity index (χ0) is 13.7. The molecule has 2 rings (SSSR count). The van der Waals surface area contributed by atoms with Gasteiger partial charge in [-0.15, -0.1) is 0 Å². The number of hydrogen-bond acceptors (Lipinski definition) is 4. The molecule has 1 aromatic rings.